The number of aromatic amines is 1. The number of likely N-dealkylation sites (tertiary alicyclic amines) is 1. The van der Waals surface area contributed by atoms with E-state index in [4.69, 9.17) is 4.84 Å². The first kappa shape index (κ1) is 20.0. The molecule has 3 aliphatic rings. The SMILES string of the molecule is Fc1cc2c(cc1F)CC(Nc1nccc(C3CC(N4CCC(c5c[nH]nn5)C4)=NO3)n1)C2. The fourth-order valence-electron chi connectivity index (χ4n) is 4.87. The zero-order valence-electron chi connectivity index (χ0n) is 17.7. The van der Waals surface area contributed by atoms with Crippen LogP contribution in [-0.2, 0) is 17.7 Å². The lowest BCUT2D eigenvalue weighted by molar-refractivity contribution is 0.0824. The molecule has 6 rings (SSSR count). The Morgan fingerprint density at radius 3 is 2.67 bits per heavy atom. The summed E-state index contributed by atoms with van der Waals surface area (Å²) in [6.45, 7) is 1.73. The zero-order valence-corrected chi connectivity index (χ0v) is 17.7. The average molecular weight is 452 g/mol. The lowest BCUT2D eigenvalue weighted by Crippen LogP contribution is -2.27. The molecule has 1 saturated heterocycles. The molecular weight excluding hydrogens is 430 g/mol. The van der Waals surface area contributed by atoms with E-state index in [0.717, 1.165) is 47.9 Å². The summed E-state index contributed by atoms with van der Waals surface area (Å²) in [7, 11) is 0. The van der Waals surface area contributed by atoms with Gasteiger partial charge in [0.05, 0.1) is 17.8 Å². The molecule has 4 heterocycles. The molecule has 9 nitrogen and oxygen atoms in total. The summed E-state index contributed by atoms with van der Waals surface area (Å²) in [5, 5.41) is 18.3. The predicted molar refractivity (Wildman–Crippen MR) is 114 cm³/mol. The Morgan fingerprint density at radius 2 is 1.91 bits per heavy atom. The molecule has 2 atom stereocenters. The van der Waals surface area contributed by atoms with E-state index in [1.54, 1.807) is 6.20 Å². The normalized spacial score (nSPS) is 22.4. The van der Waals surface area contributed by atoms with E-state index in [1.807, 2.05) is 12.3 Å². The largest absolute Gasteiger partial charge is 0.384 e. The Labute approximate surface area is 188 Å². The highest BCUT2D eigenvalue weighted by atomic mass is 19.2. The van der Waals surface area contributed by atoms with Crippen molar-refractivity contribution in [3.05, 3.63) is 64.7 Å². The number of anilines is 1. The maximum atomic E-state index is 13.5. The van der Waals surface area contributed by atoms with Crippen molar-refractivity contribution < 1.29 is 13.6 Å². The first-order valence-electron chi connectivity index (χ1n) is 11.0. The first-order valence-corrected chi connectivity index (χ1v) is 11.0. The Balaban J connectivity index is 1.08. The molecule has 2 aliphatic heterocycles. The molecule has 33 heavy (non-hydrogen) atoms. The molecule has 3 aromatic rings. The summed E-state index contributed by atoms with van der Waals surface area (Å²) >= 11 is 0. The predicted octanol–water partition coefficient (Wildman–Crippen LogP) is 2.72. The molecule has 2 aromatic heterocycles. The summed E-state index contributed by atoms with van der Waals surface area (Å²) in [6, 6.07) is 4.36. The minimum atomic E-state index is -0.813. The summed E-state index contributed by atoms with van der Waals surface area (Å²) in [4.78, 5) is 16.9. The van der Waals surface area contributed by atoms with Crippen molar-refractivity contribution in [1.29, 1.82) is 0 Å². The van der Waals surface area contributed by atoms with Crippen LogP contribution in [0.25, 0.3) is 0 Å². The number of nitrogens with one attached hydrogen (secondary N) is 2. The molecule has 0 amide bonds. The van der Waals surface area contributed by atoms with Gasteiger partial charge < -0.3 is 15.1 Å². The van der Waals surface area contributed by atoms with Gasteiger partial charge in [-0.1, -0.05) is 10.4 Å². The number of aromatic nitrogens is 5. The number of fused-ring (bicyclic) bond motifs is 1. The molecule has 0 spiro atoms. The summed E-state index contributed by atoms with van der Waals surface area (Å²) in [6.07, 6.45) is 6.06. The van der Waals surface area contributed by atoms with Gasteiger partial charge >= 0.3 is 0 Å². The van der Waals surface area contributed by atoms with Crippen molar-refractivity contribution in [3.8, 4) is 0 Å². The van der Waals surface area contributed by atoms with Gasteiger partial charge in [-0.15, -0.1) is 5.10 Å². The Bertz CT molecular complexity index is 1170. The maximum Gasteiger partial charge on any atom is 0.223 e. The van der Waals surface area contributed by atoms with E-state index >= 15 is 0 Å². The highest BCUT2D eigenvalue weighted by Crippen LogP contribution is 2.32. The van der Waals surface area contributed by atoms with Crippen molar-refractivity contribution in [2.75, 3.05) is 18.4 Å². The maximum absolute atomic E-state index is 13.5. The lowest BCUT2D eigenvalue weighted by Gasteiger charge is -2.17. The van der Waals surface area contributed by atoms with E-state index in [1.165, 1.54) is 12.1 Å². The van der Waals surface area contributed by atoms with Crippen molar-refractivity contribution in [2.45, 2.75) is 43.7 Å². The van der Waals surface area contributed by atoms with Crippen LogP contribution in [0.15, 0.2) is 35.7 Å². The van der Waals surface area contributed by atoms with E-state index < -0.39 is 11.6 Å². The number of hydrogen-bond acceptors (Lipinski definition) is 8. The topological polar surface area (TPSA) is 104 Å². The van der Waals surface area contributed by atoms with Gasteiger partial charge in [0.1, 0.15) is 5.84 Å². The molecule has 2 unspecified atom stereocenters. The number of benzene rings is 1. The Hall–Kier alpha value is -3.63. The number of halogens is 2. The van der Waals surface area contributed by atoms with Crippen molar-refractivity contribution in [3.63, 3.8) is 0 Å². The zero-order chi connectivity index (χ0) is 22.4. The minimum Gasteiger partial charge on any atom is -0.384 e. The van der Waals surface area contributed by atoms with Gasteiger partial charge in [-0.2, -0.15) is 0 Å². The van der Waals surface area contributed by atoms with Crippen LogP contribution in [0.2, 0.25) is 0 Å². The third kappa shape index (κ3) is 3.87. The monoisotopic (exact) mass is 452 g/mol. The van der Waals surface area contributed by atoms with Gasteiger partial charge in [0.2, 0.25) is 5.95 Å². The molecular formula is C22H22F2N8O. The van der Waals surface area contributed by atoms with Crippen LogP contribution in [0.5, 0.6) is 0 Å². The molecule has 0 radical (unpaired) electrons. The van der Waals surface area contributed by atoms with Gasteiger partial charge in [0.15, 0.2) is 17.7 Å². The fourth-order valence-corrected chi connectivity index (χ4v) is 4.87. The number of H-pyrrole nitrogens is 1. The van der Waals surface area contributed by atoms with Crippen LogP contribution in [0, 0.1) is 11.6 Å². The van der Waals surface area contributed by atoms with E-state index in [2.05, 4.69) is 40.8 Å². The average Bonchev–Trinajstić information content (AvgIpc) is 3.59. The fraction of sp³-hybridized carbons (Fsp3) is 0.409. The van der Waals surface area contributed by atoms with Gasteiger partial charge in [0, 0.05) is 37.4 Å². The van der Waals surface area contributed by atoms with Crippen molar-refractivity contribution in [2.24, 2.45) is 5.16 Å². The molecule has 2 N–H and O–H groups in total. The Morgan fingerprint density at radius 1 is 1.09 bits per heavy atom. The second-order valence-electron chi connectivity index (χ2n) is 8.73. The second kappa shape index (κ2) is 8.05. The van der Waals surface area contributed by atoms with E-state index in [-0.39, 0.29) is 12.1 Å². The molecule has 0 bridgehead atoms. The molecule has 1 aliphatic carbocycles. The molecule has 1 aromatic carbocycles. The summed E-state index contributed by atoms with van der Waals surface area (Å²) < 4.78 is 27.1. The van der Waals surface area contributed by atoms with Crippen LogP contribution in [0.4, 0.5) is 14.7 Å². The third-order valence-electron chi connectivity index (χ3n) is 6.58. The molecule has 0 saturated carbocycles. The van der Waals surface area contributed by atoms with Gasteiger partial charge in [0.25, 0.3) is 0 Å². The van der Waals surface area contributed by atoms with E-state index in [0.29, 0.717) is 31.1 Å². The highest BCUT2D eigenvalue weighted by molar-refractivity contribution is 5.83. The van der Waals surface area contributed by atoms with Gasteiger partial charge in [-0.05, 0) is 48.6 Å². The van der Waals surface area contributed by atoms with Crippen molar-refractivity contribution >= 4 is 11.8 Å². The first-order chi connectivity index (χ1) is 16.1. The van der Waals surface area contributed by atoms with E-state index in [9.17, 15) is 8.78 Å². The third-order valence-corrected chi connectivity index (χ3v) is 6.58. The van der Waals surface area contributed by atoms with Crippen LogP contribution in [0.1, 0.15) is 47.4 Å². The smallest absolute Gasteiger partial charge is 0.223 e. The standard InChI is InChI=1S/C22H22F2N8O/c23-16-7-13-5-15(6-14(13)8-17(16)24)27-22-25-3-1-18(28-22)20-9-21(30-33-20)32-4-2-12(11-32)19-10-26-31-29-19/h1,3,7-8,10,12,15,20H,2,4-6,9,11H2,(H,25,27,28)(H,26,29,31). The van der Waals surface area contributed by atoms with Crippen LogP contribution in [-0.4, -0.2) is 55.2 Å². The van der Waals surface area contributed by atoms with Gasteiger partial charge in [-0.3, -0.25) is 5.10 Å². The second-order valence-corrected chi connectivity index (χ2v) is 8.73. The number of oxime groups is 1. The highest BCUT2D eigenvalue weighted by Gasteiger charge is 2.33. The van der Waals surface area contributed by atoms with Crippen molar-refractivity contribution in [1.82, 2.24) is 30.3 Å². The number of rotatable bonds is 4. The molecule has 11 heteroatoms. The molecule has 170 valence electrons. The Kier molecular flexibility index (Phi) is 4.88. The summed E-state index contributed by atoms with van der Waals surface area (Å²) in [5.41, 5.74) is 3.34. The number of hydrogen-bond donors (Lipinski definition) is 2. The number of nitrogens with zero attached hydrogens (tertiary/aromatic N) is 6. The lowest BCUT2D eigenvalue weighted by atomic mass is 10.1. The molecule has 1 fully saturated rings. The van der Waals surface area contributed by atoms with Crippen LogP contribution in [0.3, 0.4) is 0 Å². The van der Waals surface area contributed by atoms with Crippen LogP contribution >= 0.6 is 0 Å². The quantitative estimate of drug-likeness (QED) is 0.627. The van der Waals surface area contributed by atoms with Crippen LogP contribution < -0.4 is 5.32 Å². The van der Waals surface area contributed by atoms with Gasteiger partial charge in [-0.25, -0.2) is 18.7 Å². The minimum absolute atomic E-state index is 0.0224. The number of amidine groups is 1. The summed E-state index contributed by atoms with van der Waals surface area (Å²) in [5.74, 6) is 0.0854.